The Bertz CT molecular complexity index is 384. The Morgan fingerprint density at radius 1 is 1.32 bits per heavy atom. The minimum atomic E-state index is -0.0477. The topological polar surface area (TPSA) is 21.3 Å². The van der Waals surface area contributed by atoms with Crippen LogP contribution in [0.4, 0.5) is 0 Å². The van der Waals surface area contributed by atoms with Crippen molar-refractivity contribution in [1.29, 1.82) is 0 Å². The van der Waals surface area contributed by atoms with E-state index in [1.54, 1.807) is 0 Å². The Kier molecular flexibility index (Phi) is 5.26. The van der Waals surface area contributed by atoms with E-state index in [4.69, 9.17) is 16.3 Å². The van der Waals surface area contributed by atoms with Crippen molar-refractivity contribution >= 4 is 11.6 Å². The van der Waals surface area contributed by atoms with Crippen LogP contribution in [0.2, 0.25) is 5.02 Å². The van der Waals surface area contributed by atoms with Gasteiger partial charge in [-0.3, -0.25) is 0 Å². The lowest BCUT2D eigenvalue weighted by atomic mass is 9.84. The van der Waals surface area contributed by atoms with E-state index < -0.39 is 0 Å². The third-order valence-corrected chi connectivity index (χ3v) is 4.29. The Balaban J connectivity index is 2.08. The molecule has 2 atom stereocenters. The number of ether oxygens (including phenoxy) is 1. The summed E-state index contributed by atoms with van der Waals surface area (Å²) in [7, 11) is 0. The monoisotopic (exact) mass is 281 g/mol. The average Bonchev–Trinajstić information content (AvgIpc) is 2.41. The van der Waals surface area contributed by atoms with Gasteiger partial charge in [0.2, 0.25) is 0 Å². The lowest BCUT2D eigenvalue weighted by Crippen LogP contribution is -2.53. The number of hydrogen-bond donors (Lipinski definition) is 1. The van der Waals surface area contributed by atoms with E-state index in [0.29, 0.717) is 6.04 Å². The second-order valence-corrected chi connectivity index (χ2v) is 6.00. The zero-order chi connectivity index (χ0) is 13.7. The summed E-state index contributed by atoms with van der Waals surface area (Å²) in [5.41, 5.74) is 1.26. The number of benzene rings is 1. The molecule has 1 saturated heterocycles. The molecule has 106 valence electrons. The van der Waals surface area contributed by atoms with Crippen LogP contribution in [-0.2, 0) is 11.2 Å². The van der Waals surface area contributed by atoms with Crippen LogP contribution < -0.4 is 5.32 Å². The molecule has 1 aliphatic heterocycles. The van der Waals surface area contributed by atoms with Crippen molar-refractivity contribution in [2.45, 2.75) is 51.2 Å². The van der Waals surface area contributed by atoms with Crippen molar-refractivity contribution in [2.24, 2.45) is 0 Å². The van der Waals surface area contributed by atoms with Crippen LogP contribution in [0.25, 0.3) is 0 Å². The van der Waals surface area contributed by atoms with E-state index >= 15 is 0 Å². The van der Waals surface area contributed by atoms with E-state index in [0.717, 1.165) is 31.0 Å². The Hall–Kier alpha value is -0.570. The summed E-state index contributed by atoms with van der Waals surface area (Å²) >= 11 is 5.95. The minimum Gasteiger partial charge on any atom is -0.374 e. The average molecular weight is 282 g/mol. The smallest absolute Gasteiger partial charge is 0.0810 e. The number of hydrogen-bond acceptors (Lipinski definition) is 2. The van der Waals surface area contributed by atoms with Gasteiger partial charge >= 0.3 is 0 Å². The molecule has 0 aromatic heterocycles. The lowest BCUT2D eigenvalue weighted by molar-refractivity contribution is -0.0881. The molecule has 1 fully saturated rings. The van der Waals surface area contributed by atoms with Crippen LogP contribution in [0.5, 0.6) is 0 Å². The summed E-state index contributed by atoms with van der Waals surface area (Å²) in [5, 5.41) is 4.39. The molecule has 1 heterocycles. The van der Waals surface area contributed by atoms with E-state index in [1.165, 1.54) is 18.4 Å². The molecule has 0 bridgehead atoms. The summed E-state index contributed by atoms with van der Waals surface area (Å²) in [5.74, 6) is 0. The van der Waals surface area contributed by atoms with E-state index in [-0.39, 0.29) is 5.60 Å². The molecule has 0 saturated carbocycles. The number of likely N-dealkylation sites (N-methyl/N-ethyl adjacent to an activating group) is 1. The van der Waals surface area contributed by atoms with Gasteiger partial charge in [-0.15, -0.1) is 0 Å². The molecule has 0 aliphatic carbocycles. The van der Waals surface area contributed by atoms with Gasteiger partial charge in [-0.25, -0.2) is 0 Å². The molecule has 1 aromatic carbocycles. The SMILES string of the molecule is CCNC(Cc1ccc(Cl)cc1)C1(C)CCCCO1. The molecule has 2 rings (SSSR count). The summed E-state index contributed by atoms with van der Waals surface area (Å²) in [6, 6.07) is 8.50. The summed E-state index contributed by atoms with van der Waals surface area (Å²) in [4.78, 5) is 0. The molecule has 2 nitrogen and oxygen atoms in total. The van der Waals surface area contributed by atoms with Crippen LogP contribution in [0, 0.1) is 0 Å². The van der Waals surface area contributed by atoms with Gasteiger partial charge in [0, 0.05) is 17.7 Å². The molecule has 2 unspecified atom stereocenters. The third kappa shape index (κ3) is 3.95. The Morgan fingerprint density at radius 3 is 2.63 bits per heavy atom. The zero-order valence-electron chi connectivity index (χ0n) is 11.9. The van der Waals surface area contributed by atoms with Crippen LogP contribution >= 0.6 is 11.6 Å². The van der Waals surface area contributed by atoms with Crippen molar-refractivity contribution in [2.75, 3.05) is 13.2 Å². The predicted octanol–water partition coefficient (Wildman–Crippen LogP) is 3.82. The first kappa shape index (κ1) is 14.8. The molecule has 0 amide bonds. The molecular weight excluding hydrogens is 258 g/mol. The molecular formula is C16H24ClNO. The van der Waals surface area contributed by atoms with E-state index in [1.807, 2.05) is 12.1 Å². The largest absolute Gasteiger partial charge is 0.374 e. The molecule has 3 heteroatoms. The van der Waals surface area contributed by atoms with Crippen LogP contribution in [0.15, 0.2) is 24.3 Å². The highest BCUT2D eigenvalue weighted by atomic mass is 35.5. The summed E-state index contributed by atoms with van der Waals surface area (Å²) in [6.45, 7) is 6.26. The first-order chi connectivity index (χ1) is 9.14. The van der Waals surface area contributed by atoms with Crippen molar-refractivity contribution in [3.63, 3.8) is 0 Å². The van der Waals surface area contributed by atoms with Crippen LogP contribution in [0.3, 0.4) is 0 Å². The standard InChI is InChI=1S/C16H24ClNO/c1-3-18-15(16(2)10-4-5-11-19-16)12-13-6-8-14(17)9-7-13/h6-9,15,18H,3-5,10-12H2,1-2H3. The first-order valence-electron chi connectivity index (χ1n) is 7.26. The zero-order valence-corrected chi connectivity index (χ0v) is 12.7. The van der Waals surface area contributed by atoms with Crippen LogP contribution in [0.1, 0.15) is 38.7 Å². The molecule has 1 aliphatic rings. The summed E-state index contributed by atoms with van der Waals surface area (Å²) < 4.78 is 6.09. The van der Waals surface area contributed by atoms with Gasteiger partial charge in [0.1, 0.15) is 0 Å². The fraction of sp³-hybridized carbons (Fsp3) is 0.625. The van der Waals surface area contributed by atoms with Crippen molar-refractivity contribution in [1.82, 2.24) is 5.32 Å². The van der Waals surface area contributed by atoms with Gasteiger partial charge in [-0.2, -0.15) is 0 Å². The molecule has 1 N–H and O–H groups in total. The quantitative estimate of drug-likeness (QED) is 0.886. The van der Waals surface area contributed by atoms with E-state index in [2.05, 4.69) is 31.3 Å². The molecule has 0 radical (unpaired) electrons. The third-order valence-electron chi connectivity index (χ3n) is 4.04. The number of nitrogens with one attached hydrogen (secondary N) is 1. The summed E-state index contributed by atoms with van der Waals surface area (Å²) in [6.07, 6.45) is 4.58. The van der Waals surface area contributed by atoms with E-state index in [9.17, 15) is 0 Å². The fourth-order valence-corrected chi connectivity index (χ4v) is 2.96. The second kappa shape index (κ2) is 6.74. The van der Waals surface area contributed by atoms with Gasteiger partial charge in [-0.1, -0.05) is 30.7 Å². The Labute approximate surface area is 121 Å². The normalized spacial score (nSPS) is 25.2. The first-order valence-corrected chi connectivity index (χ1v) is 7.63. The maximum Gasteiger partial charge on any atom is 0.0810 e. The molecule has 0 spiro atoms. The van der Waals surface area contributed by atoms with Crippen molar-refractivity contribution < 1.29 is 4.74 Å². The lowest BCUT2D eigenvalue weighted by Gasteiger charge is -2.41. The maximum absolute atomic E-state index is 6.09. The highest BCUT2D eigenvalue weighted by Crippen LogP contribution is 2.29. The van der Waals surface area contributed by atoms with Crippen molar-refractivity contribution in [3.8, 4) is 0 Å². The minimum absolute atomic E-state index is 0.0477. The number of rotatable bonds is 5. The van der Waals surface area contributed by atoms with Crippen molar-refractivity contribution in [3.05, 3.63) is 34.9 Å². The van der Waals surface area contributed by atoms with Gasteiger partial charge in [0.15, 0.2) is 0 Å². The molecule has 1 aromatic rings. The van der Waals surface area contributed by atoms with Gasteiger partial charge in [0.05, 0.1) is 5.60 Å². The fourth-order valence-electron chi connectivity index (χ4n) is 2.84. The highest BCUT2D eigenvalue weighted by Gasteiger charge is 2.36. The second-order valence-electron chi connectivity index (χ2n) is 5.56. The highest BCUT2D eigenvalue weighted by molar-refractivity contribution is 6.30. The predicted molar refractivity (Wildman–Crippen MR) is 80.8 cm³/mol. The van der Waals surface area contributed by atoms with Gasteiger partial charge in [-0.05, 0) is 56.8 Å². The Morgan fingerprint density at radius 2 is 2.05 bits per heavy atom. The van der Waals surface area contributed by atoms with Gasteiger partial charge < -0.3 is 10.1 Å². The van der Waals surface area contributed by atoms with Gasteiger partial charge in [0.25, 0.3) is 0 Å². The number of halogens is 1. The maximum atomic E-state index is 6.09. The molecule has 19 heavy (non-hydrogen) atoms. The van der Waals surface area contributed by atoms with Crippen LogP contribution in [-0.4, -0.2) is 24.8 Å².